The highest BCUT2D eigenvalue weighted by atomic mass is 16.3. The zero-order valence-corrected chi connectivity index (χ0v) is 24.1. The molecule has 2 heteroatoms. The third-order valence-electron chi connectivity index (χ3n) is 8.10. The topological polar surface area (TPSA) is 23.5 Å². The van der Waals surface area contributed by atoms with Crippen molar-refractivity contribution in [1.29, 1.82) is 0 Å². The quantitative estimate of drug-likeness (QED) is 0.258. The largest absolute Gasteiger partial charge is 0.507 e. The maximum atomic E-state index is 11.9. The first-order valence-electron chi connectivity index (χ1n) is 13.7. The molecule has 0 unspecified atom stereocenters. The fourth-order valence-corrected chi connectivity index (χ4v) is 5.22. The molecule has 0 amide bonds. The van der Waals surface area contributed by atoms with Gasteiger partial charge in [0.05, 0.1) is 0 Å². The molecule has 0 aliphatic carbocycles. The second kappa shape index (κ2) is 10.8. The van der Waals surface area contributed by atoms with Gasteiger partial charge in [0.15, 0.2) is 0 Å². The summed E-state index contributed by atoms with van der Waals surface area (Å²) in [6.07, 6.45) is 0. The van der Waals surface area contributed by atoms with Crippen LogP contribution in [0.3, 0.4) is 0 Å². The average molecular weight is 506 g/mol. The molecule has 0 aliphatic rings. The van der Waals surface area contributed by atoms with Crippen LogP contribution in [0.25, 0.3) is 0 Å². The molecule has 2 nitrogen and oxygen atoms in total. The average Bonchev–Trinajstić information content (AvgIpc) is 2.90. The molecule has 0 bridgehead atoms. The fourth-order valence-electron chi connectivity index (χ4n) is 5.22. The van der Waals surface area contributed by atoms with E-state index in [0.29, 0.717) is 12.3 Å². The molecule has 0 spiro atoms. The number of hydrogen-bond donors (Lipinski definition) is 1. The Morgan fingerprint density at radius 1 is 0.553 bits per heavy atom. The Morgan fingerprint density at radius 3 is 1.53 bits per heavy atom. The summed E-state index contributed by atoms with van der Waals surface area (Å²) in [7, 11) is 0. The molecule has 0 radical (unpaired) electrons. The molecular weight excluding hydrogens is 462 g/mol. The smallest absolute Gasteiger partial charge is 0.124 e. The monoisotopic (exact) mass is 505 g/mol. The van der Waals surface area contributed by atoms with E-state index < -0.39 is 0 Å². The Labute approximate surface area is 230 Å². The van der Waals surface area contributed by atoms with Gasteiger partial charge in [-0.1, -0.05) is 125 Å². The van der Waals surface area contributed by atoms with Gasteiger partial charge in [0, 0.05) is 40.6 Å². The molecule has 4 rings (SSSR count). The number of benzene rings is 4. The molecular formula is C36H43NO. The number of hydrogen-bond acceptors (Lipinski definition) is 2. The lowest BCUT2D eigenvalue weighted by molar-refractivity contribution is 0.117. The van der Waals surface area contributed by atoms with Gasteiger partial charge < -0.3 is 5.11 Å². The number of nitrogens with zero attached hydrogens (tertiary/aromatic N) is 1. The lowest BCUT2D eigenvalue weighted by Crippen LogP contribution is -2.40. The van der Waals surface area contributed by atoms with E-state index in [0.717, 1.165) is 17.7 Å². The Kier molecular flexibility index (Phi) is 7.85. The summed E-state index contributed by atoms with van der Waals surface area (Å²) in [5, 5.41) is 11.9. The van der Waals surface area contributed by atoms with Crippen molar-refractivity contribution in [1.82, 2.24) is 4.90 Å². The molecule has 0 aliphatic heterocycles. The van der Waals surface area contributed by atoms with Crippen molar-refractivity contribution in [2.75, 3.05) is 0 Å². The molecule has 0 saturated heterocycles. The van der Waals surface area contributed by atoms with Gasteiger partial charge in [-0.3, -0.25) is 4.90 Å². The predicted octanol–water partition coefficient (Wildman–Crippen LogP) is 8.84. The number of phenols is 1. The third kappa shape index (κ3) is 5.87. The molecule has 4 aromatic carbocycles. The van der Waals surface area contributed by atoms with E-state index in [2.05, 4.69) is 150 Å². The summed E-state index contributed by atoms with van der Waals surface area (Å²) in [5.74, 6) is 0.397. The van der Waals surface area contributed by atoms with E-state index >= 15 is 0 Å². The molecule has 0 atom stereocenters. The van der Waals surface area contributed by atoms with Crippen LogP contribution in [0.15, 0.2) is 103 Å². The maximum Gasteiger partial charge on any atom is 0.124 e. The van der Waals surface area contributed by atoms with Crippen LogP contribution in [0, 0.1) is 0 Å². The second-order valence-electron chi connectivity index (χ2n) is 12.5. The molecule has 0 heterocycles. The van der Waals surface area contributed by atoms with E-state index in [9.17, 15) is 5.11 Å². The van der Waals surface area contributed by atoms with Crippen LogP contribution in [0.4, 0.5) is 0 Å². The van der Waals surface area contributed by atoms with Crippen LogP contribution in [0.5, 0.6) is 5.75 Å². The second-order valence-corrected chi connectivity index (χ2v) is 12.5. The lowest BCUT2D eigenvalue weighted by Gasteiger charge is -2.37. The van der Waals surface area contributed by atoms with Crippen LogP contribution < -0.4 is 0 Å². The highest BCUT2D eigenvalue weighted by Gasteiger charge is 2.33. The summed E-state index contributed by atoms with van der Waals surface area (Å²) >= 11 is 0. The lowest BCUT2D eigenvalue weighted by atomic mass is 9.72. The Balaban J connectivity index is 1.87. The molecule has 0 fully saturated rings. The Bertz CT molecular complexity index is 1330. The van der Waals surface area contributed by atoms with Crippen molar-refractivity contribution in [3.05, 3.63) is 137 Å². The normalized spacial score (nSPS) is 12.6. The first kappa shape index (κ1) is 27.7. The van der Waals surface area contributed by atoms with E-state index in [1.54, 1.807) is 0 Å². The van der Waals surface area contributed by atoms with Gasteiger partial charge in [-0.15, -0.1) is 0 Å². The van der Waals surface area contributed by atoms with Crippen LogP contribution in [0.1, 0.15) is 81.8 Å². The molecule has 38 heavy (non-hydrogen) atoms. The van der Waals surface area contributed by atoms with Gasteiger partial charge in [-0.2, -0.15) is 0 Å². The van der Waals surface area contributed by atoms with E-state index in [1.807, 2.05) is 6.07 Å². The van der Waals surface area contributed by atoms with E-state index in [1.165, 1.54) is 22.3 Å². The summed E-state index contributed by atoms with van der Waals surface area (Å²) in [6.45, 7) is 17.2. The highest BCUT2D eigenvalue weighted by Crippen LogP contribution is 2.43. The van der Waals surface area contributed by atoms with Crippen molar-refractivity contribution in [3.63, 3.8) is 0 Å². The highest BCUT2D eigenvalue weighted by molar-refractivity contribution is 5.54. The minimum Gasteiger partial charge on any atom is -0.507 e. The Hall–Kier alpha value is -3.36. The van der Waals surface area contributed by atoms with Crippen molar-refractivity contribution < 1.29 is 5.11 Å². The first-order chi connectivity index (χ1) is 17.9. The standard InChI is InChI=1S/C36H43NO/c1-34(2,3)37(25-27-17-11-8-12-18-27)26-28-23-31(35(4,5)29-19-13-9-14-20-29)24-32(33(28)38)36(6,7)30-21-15-10-16-22-30/h8-24,38H,25-26H2,1-7H3. The SMILES string of the molecule is CC(C)(c1ccccc1)c1cc(CN(Cc2ccccc2)C(C)(C)C)c(O)c(C(C)(C)c2ccccc2)c1. The predicted molar refractivity (Wildman–Crippen MR) is 161 cm³/mol. The van der Waals surface area contributed by atoms with Crippen molar-refractivity contribution in [2.45, 2.75) is 77.9 Å². The fraction of sp³-hybridized carbons (Fsp3) is 0.333. The molecule has 4 aromatic rings. The molecule has 0 aromatic heterocycles. The minimum atomic E-state index is -0.366. The number of aromatic hydroxyl groups is 1. The number of rotatable bonds is 8. The van der Waals surface area contributed by atoms with Gasteiger partial charge in [0.25, 0.3) is 0 Å². The van der Waals surface area contributed by atoms with Crippen LogP contribution in [-0.2, 0) is 23.9 Å². The summed E-state index contributed by atoms with van der Waals surface area (Å²) in [6, 6.07) is 36.3. The van der Waals surface area contributed by atoms with Crippen LogP contribution >= 0.6 is 0 Å². The third-order valence-corrected chi connectivity index (χ3v) is 8.10. The maximum absolute atomic E-state index is 11.9. The summed E-state index contributed by atoms with van der Waals surface area (Å²) < 4.78 is 0. The van der Waals surface area contributed by atoms with E-state index in [-0.39, 0.29) is 16.4 Å². The first-order valence-corrected chi connectivity index (χ1v) is 13.7. The van der Waals surface area contributed by atoms with Crippen molar-refractivity contribution in [3.8, 4) is 5.75 Å². The molecule has 198 valence electrons. The van der Waals surface area contributed by atoms with Crippen molar-refractivity contribution >= 4 is 0 Å². The summed E-state index contributed by atoms with van der Waals surface area (Å²) in [5.41, 5.74) is 6.20. The summed E-state index contributed by atoms with van der Waals surface area (Å²) in [4.78, 5) is 2.45. The van der Waals surface area contributed by atoms with Gasteiger partial charge in [-0.25, -0.2) is 0 Å². The number of phenolic OH excluding ortho intramolecular Hbond substituents is 1. The van der Waals surface area contributed by atoms with Crippen LogP contribution in [-0.4, -0.2) is 15.5 Å². The van der Waals surface area contributed by atoms with Gasteiger partial charge in [0.2, 0.25) is 0 Å². The molecule has 0 saturated carbocycles. The zero-order chi connectivity index (χ0) is 27.6. The zero-order valence-electron chi connectivity index (χ0n) is 24.1. The minimum absolute atomic E-state index is 0.0810. The van der Waals surface area contributed by atoms with Gasteiger partial charge in [-0.05, 0) is 49.1 Å². The van der Waals surface area contributed by atoms with E-state index in [4.69, 9.17) is 0 Å². The van der Waals surface area contributed by atoms with Gasteiger partial charge in [0.1, 0.15) is 5.75 Å². The van der Waals surface area contributed by atoms with Gasteiger partial charge >= 0.3 is 0 Å². The molecule has 1 N–H and O–H groups in total. The Morgan fingerprint density at radius 2 is 1.03 bits per heavy atom. The van der Waals surface area contributed by atoms with Crippen LogP contribution in [0.2, 0.25) is 0 Å². The van der Waals surface area contributed by atoms with Crippen molar-refractivity contribution in [2.24, 2.45) is 0 Å².